The Morgan fingerprint density at radius 1 is 1.06 bits per heavy atom. The normalized spacial score (nSPS) is 23.0. The Bertz CT molecular complexity index is 873. The van der Waals surface area contributed by atoms with Crippen LogP contribution in [-0.2, 0) is 0 Å². The maximum absolute atomic E-state index is 4.64. The summed E-state index contributed by atoms with van der Waals surface area (Å²) in [6, 6.07) is 8.87. The molecule has 1 aromatic carbocycles. The monoisotopic (exact) mass is 417 g/mol. The maximum Gasteiger partial charge on any atom is 0.0360 e. The van der Waals surface area contributed by atoms with Crippen molar-refractivity contribution in [1.82, 2.24) is 4.90 Å². The van der Waals surface area contributed by atoms with E-state index in [0.29, 0.717) is 0 Å². The highest BCUT2D eigenvalue weighted by molar-refractivity contribution is 5.75. The van der Waals surface area contributed by atoms with Gasteiger partial charge in [-0.1, -0.05) is 116 Å². The Kier molecular flexibility index (Phi) is 6.75. The van der Waals surface area contributed by atoms with Gasteiger partial charge in [0.25, 0.3) is 0 Å². The van der Waals surface area contributed by atoms with Crippen molar-refractivity contribution in [2.24, 2.45) is 16.2 Å². The van der Waals surface area contributed by atoms with Crippen LogP contribution in [0.15, 0.2) is 60.8 Å². The third kappa shape index (κ3) is 4.34. The van der Waals surface area contributed by atoms with E-state index in [1.54, 1.807) is 5.57 Å². The molecule has 0 fully saturated rings. The van der Waals surface area contributed by atoms with E-state index in [0.717, 1.165) is 19.5 Å². The zero-order chi connectivity index (χ0) is 22.9. The number of hydrogen-bond donors (Lipinski definition) is 0. The minimum Gasteiger partial charge on any atom is -0.370 e. The lowest BCUT2D eigenvalue weighted by molar-refractivity contribution is 0.153. The third-order valence-corrected chi connectivity index (χ3v) is 7.95. The van der Waals surface area contributed by atoms with Gasteiger partial charge in [0.2, 0.25) is 0 Å². The van der Waals surface area contributed by atoms with E-state index in [2.05, 4.69) is 96.0 Å². The van der Waals surface area contributed by atoms with Crippen LogP contribution in [-0.4, -0.2) is 18.0 Å². The van der Waals surface area contributed by atoms with Crippen molar-refractivity contribution in [3.05, 3.63) is 72.0 Å². The molecular weight excluding hydrogens is 374 g/mol. The van der Waals surface area contributed by atoms with Crippen molar-refractivity contribution >= 4 is 11.6 Å². The highest BCUT2D eigenvalue weighted by Gasteiger charge is 2.46. The summed E-state index contributed by atoms with van der Waals surface area (Å²) in [5.41, 5.74) is 7.33. The lowest BCUT2D eigenvalue weighted by atomic mass is 9.58. The summed E-state index contributed by atoms with van der Waals surface area (Å²) < 4.78 is 0. The first-order chi connectivity index (χ1) is 14.6. The molecule has 3 rings (SSSR count). The molecule has 1 atom stereocenters. The zero-order valence-electron chi connectivity index (χ0n) is 20.9. The molecule has 1 aliphatic carbocycles. The predicted molar refractivity (Wildman–Crippen MR) is 138 cm³/mol. The van der Waals surface area contributed by atoms with Crippen LogP contribution in [0.5, 0.6) is 0 Å². The molecule has 1 aliphatic heterocycles. The van der Waals surface area contributed by atoms with Gasteiger partial charge >= 0.3 is 0 Å². The summed E-state index contributed by atoms with van der Waals surface area (Å²) in [6.45, 7) is 24.9. The molecule has 1 unspecified atom stereocenters. The van der Waals surface area contributed by atoms with Crippen LogP contribution >= 0.6 is 0 Å². The average molecular weight is 418 g/mol. The highest BCUT2D eigenvalue weighted by atomic mass is 15.2. The minimum atomic E-state index is 0.0340. The summed E-state index contributed by atoms with van der Waals surface area (Å²) in [5.74, 6) is 0. The van der Waals surface area contributed by atoms with E-state index >= 15 is 0 Å². The number of allylic oxidation sites excluding steroid dienone is 3. The van der Waals surface area contributed by atoms with E-state index in [1.807, 2.05) is 6.08 Å². The second-order valence-corrected chi connectivity index (χ2v) is 10.8. The fourth-order valence-corrected chi connectivity index (χ4v) is 6.31. The molecule has 0 spiro atoms. The van der Waals surface area contributed by atoms with E-state index in [1.165, 1.54) is 48.1 Å². The van der Waals surface area contributed by atoms with Crippen LogP contribution in [0.25, 0.3) is 11.6 Å². The fraction of sp³-hybridized carbons (Fsp3) is 0.533. The number of benzene rings is 1. The van der Waals surface area contributed by atoms with Gasteiger partial charge in [0.15, 0.2) is 0 Å². The third-order valence-electron chi connectivity index (χ3n) is 7.95. The molecule has 168 valence electrons. The minimum absolute atomic E-state index is 0.0340. The molecule has 0 saturated heterocycles. The van der Waals surface area contributed by atoms with Crippen molar-refractivity contribution in [2.75, 3.05) is 13.1 Å². The molecule has 0 saturated carbocycles. The van der Waals surface area contributed by atoms with Gasteiger partial charge in [-0.3, -0.25) is 0 Å². The van der Waals surface area contributed by atoms with Gasteiger partial charge in [-0.05, 0) is 36.0 Å². The van der Waals surface area contributed by atoms with Crippen LogP contribution in [0.4, 0.5) is 0 Å². The molecule has 0 aromatic heterocycles. The first-order valence-electron chi connectivity index (χ1n) is 12.2. The Labute approximate surface area is 191 Å². The van der Waals surface area contributed by atoms with Crippen molar-refractivity contribution < 1.29 is 0 Å². The van der Waals surface area contributed by atoms with Gasteiger partial charge in [0, 0.05) is 35.0 Å². The van der Waals surface area contributed by atoms with Gasteiger partial charge in [0.05, 0.1) is 0 Å². The second kappa shape index (κ2) is 8.85. The van der Waals surface area contributed by atoms with Crippen LogP contribution in [0.2, 0.25) is 0 Å². The van der Waals surface area contributed by atoms with Crippen molar-refractivity contribution in [3.8, 4) is 0 Å². The van der Waals surface area contributed by atoms with Crippen molar-refractivity contribution in [3.63, 3.8) is 0 Å². The molecular formula is C30H43N. The number of hydrogen-bond acceptors (Lipinski definition) is 1. The molecule has 31 heavy (non-hydrogen) atoms. The zero-order valence-corrected chi connectivity index (χ0v) is 20.9. The molecule has 1 heterocycles. The SMILES string of the molecule is C=Cc1ccc(C2=CCC3(C)CN(C(=C)C(C)(CCC)CCC)CC=C3C2(C)C)cc1. The van der Waals surface area contributed by atoms with Crippen molar-refractivity contribution in [1.29, 1.82) is 0 Å². The Hall–Kier alpha value is -2.02. The van der Waals surface area contributed by atoms with Gasteiger partial charge in [-0.2, -0.15) is 0 Å². The van der Waals surface area contributed by atoms with Gasteiger partial charge in [-0.15, -0.1) is 0 Å². The van der Waals surface area contributed by atoms with Crippen LogP contribution in [0.1, 0.15) is 84.8 Å². The average Bonchev–Trinajstić information content (AvgIpc) is 2.73. The summed E-state index contributed by atoms with van der Waals surface area (Å²) in [4.78, 5) is 2.59. The first-order valence-corrected chi connectivity index (χ1v) is 12.2. The Balaban J connectivity index is 1.90. The maximum atomic E-state index is 4.64. The van der Waals surface area contributed by atoms with E-state index < -0.39 is 0 Å². The lowest BCUT2D eigenvalue weighted by Gasteiger charge is -2.53. The Morgan fingerprint density at radius 2 is 1.68 bits per heavy atom. The fourth-order valence-electron chi connectivity index (χ4n) is 6.31. The molecule has 0 radical (unpaired) electrons. The first kappa shape index (κ1) is 23.6. The van der Waals surface area contributed by atoms with E-state index in [-0.39, 0.29) is 16.2 Å². The summed E-state index contributed by atoms with van der Waals surface area (Å²) in [6.07, 6.45) is 12.9. The van der Waals surface area contributed by atoms with Crippen LogP contribution in [0.3, 0.4) is 0 Å². The summed E-state index contributed by atoms with van der Waals surface area (Å²) in [7, 11) is 0. The molecule has 1 aromatic rings. The molecule has 1 nitrogen and oxygen atoms in total. The van der Waals surface area contributed by atoms with Gasteiger partial charge in [0.1, 0.15) is 0 Å². The van der Waals surface area contributed by atoms with Crippen LogP contribution < -0.4 is 0 Å². The Morgan fingerprint density at radius 3 is 2.23 bits per heavy atom. The topological polar surface area (TPSA) is 3.24 Å². The number of fused-ring (bicyclic) bond motifs is 1. The van der Waals surface area contributed by atoms with E-state index in [4.69, 9.17) is 0 Å². The standard InChI is InChI=1S/C30H43N/c1-9-18-29(7,19-10-2)23(4)31-21-17-27-28(5,6)26(16-20-30(27,8)22-31)25-14-12-24(11-3)13-15-25/h11-17H,3-4,9-10,18-22H2,1-2,5-8H3. The molecule has 2 aliphatic rings. The van der Waals surface area contributed by atoms with Crippen molar-refractivity contribution in [2.45, 2.75) is 73.6 Å². The number of rotatable bonds is 8. The largest absolute Gasteiger partial charge is 0.370 e. The number of nitrogens with zero attached hydrogens (tertiary/aromatic N) is 1. The predicted octanol–water partition coefficient (Wildman–Crippen LogP) is 8.51. The highest BCUT2D eigenvalue weighted by Crippen LogP contribution is 2.56. The lowest BCUT2D eigenvalue weighted by Crippen LogP contribution is -2.48. The van der Waals surface area contributed by atoms with Crippen LogP contribution in [0, 0.1) is 16.2 Å². The molecule has 0 bridgehead atoms. The van der Waals surface area contributed by atoms with E-state index in [9.17, 15) is 0 Å². The molecule has 0 amide bonds. The molecule has 1 heteroatoms. The van der Waals surface area contributed by atoms with Gasteiger partial charge in [-0.25, -0.2) is 0 Å². The second-order valence-electron chi connectivity index (χ2n) is 10.8. The van der Waals surface area contributed by atoms with Gasteiger partial charge < -0.3 is 4.90 Å². The quantitative estimate of drug-likeness (QED) is 0.383. The summed E-state index contributed by atoms with van der Waals surface area (Å²) in [5, 5.41) is 0. The summed E-state index contributed by atoms with van der Waals surface area (Å²) >= 11 is 0. The smallest absolute Gasteiger partial charge is 0.0360 e. The molecule has 0 N–H and O–H groups in total.